The van der Waals surface area contributed by atoms with E-state index in [0.717, 1.165) is 23.3 Å². The number of hydrogen-bond donors (Lipinski definition) is 2. The minimum Gasteiger partial charge on any atom is -0.508 e. The van der Waals surface area contributed by atoms with Gasteiger partial charge in [0.2, 0.25) is 0 Å². The van der Waals surface area contributed by atoms with Gasteiger partial charge in [0.25, 0.3) is 5.91 Å². The van der Waals surface area contributed by atoms with E-state index in [9.17, 15) is 9.90 Å². The lowest BCUT2D eigenvalue weighted by molar-refractivity contribution is 0.0958. The molecule has 0 aliphatic rings. The molecule has 1 amide bonds. The average molecular weight is 275 g/mol. The van der Waals surface area contributed by atoms with Gasteiger partial charge in [0.15, 0.2) is 0 Å². The fraction of sp³-hybridized carbons (Fsp3) is 0.267. The normalized spacial score (nSPS) is 10.4. The van der Waals surface area contributed by atoms with Gasteiger partial charge in [-0.05, 0) is 42.7 Å². The van der Waals surface area contributed by atoms with Crippen LogP contribution in [0.3, 0.4) is 0 Å². The van der Waals surface area contributed by atoms with Crippen LogP contribution in [0.4, 0.5) is 0 Å². The molecule has 19 heavy (non-hydrogen) atoms. The van der Waals surface area contributed by atoms with E-state index in [4.69, 9.17) is 0 Å². The third-order valence-electron chi connectivity index (χ3n) is 2.87. The van der Waals surface area contributed by atoms with Crippen LogP contribution in [-0.2, 0) is 12.8 Å². The fourth-order valence-corrected chi connectivity index (χ4v) is 2.62. The van der Waals surface area contributed by atoms with Gasteiger partial charge < -0.3 is 10.4 Å². The highest BCUT2D eigenvalue weighted by atomic mass is 32.1. The average Bonchev–Trinajstić information content (AvgIpc) is 2.90. The Morgan fingerprint density at radius 2 is 1.95 bits per heavy atom. The zero-order valence-corrected chi connectivity index (χ0v) is 11.7. The number of nitrogens with one attached hydrogen (secondary N) is 1. The van der Waals surface area contributed by atoms with E-state index in [-0.39, 0.29) is 11.7 Å². The number of aromatic hydroxyl groups is 1. The van der Waals surface area contributed by atoms with Crippen LogP contribution in [0.1, 0.15) is 27.0 Å². The molecule has 2 aromatic rings. The van der Waals surface area contributed by atoms with E-state index in [0.29, 0.717) is 6.54 Å². The lowest BCUT2D eigenvalue weighted by atomic mass is 10.1. The first-order chi connectivity index (χ1) is 9.19. The van der Waals surface area contributed by atoms with Gasteiger partial charge in [-0.15, -0.1) is 11.3 Å². The van der Waals surface area contributed by atoms with Crippen LogP contribution in [0.15, 0.2) is 36.4 Å². The number of amides is 1. The Hall–Kier alpha value is -1.81. The Morgan fingerprint density at radius 1 is 1.21 bits per heavy atom. The van der Waals surface area contributed by atoms with E-state index < -0.39 is 0 Å². The molecule has 0 saturated heterocycles. The van der Waals surface area contributed by atoms with Crippen LogP contribution in [0.2, 0.25) is 0 Å². The standard InChI is InChI=1S/C15H17NO2S/c1-2-13-7-8-14(19-13)15(18)16-10-9-11-3-5-12(17)6-4-11/h3-8,17H,2,9-10H2,1H3,(H,16,18). The molecule has 1 aromatic heterocycles. The fourth-order valence-electron chi connectivity index (χ4n) is 1.76. The molecule has 2 N–H and O–H groups in total. The smallest absolute Gasteiger partial charge is 0.261 e. The van der Waals surface area contributed by atoms with Gasteiger partial charge in [-0.1, -0.05) is 19.1 Å². The minimum atomic E-state index is -0.0107. The van der Waals surface area contributed by atoms with Crippen molar-refractivity contribution in [2.24, 2.45) is 0 Å². The predicted molar refractivity (Wildman–Crippen MR) is 77.8 cm³/mol. The van der Waals surface area contributed by atoms with Crippen molar-refractivity contribution in [1.82, 2.24) is 5.32 Å². The first-order valence-corrected chi connectivity index (χ1v) is 7.15. The lowest BCUT2D eigenvalue weighted by Crippen LogP contribution is -2.24. The van der Waals surface area contributed by atoms with Crippen LogP contribution < -0.4 is 5.32 Å². The third kappa shape index (κ3) is 3.83. The van der Waals surface area contributed by atoms with Gasteiger partial charge in [-0.2, -0.15) is 0 Å². The van der Waals surface area contributed by atoms with Crippen LogP contribution in [0.5, 0.6) is 5.75 Å². The highest BCUT2D eigenvalue weighted by molar-refractivity contribution is 7.14. The minimum absolute atomic E-state index is 0.0107. The molecule has 0 radical (unpaired) electrons. The summed E-state index contributed by atoms with van der Waals surface area (Å²) in [6, 6.07) is 10.9. The number of aryl methyl sites for hydroxylation is 1. The summed E-state index contributed by atoms with van der Waals surface area (Å²) in [4.78, 5) is 13.9. The largest absolute Gasteiger partial charge is 0.508 e. The molecular formula is C15H17NO2S. The summed E-state index contributed by atoms with van der Waals surface area (Å²) >= 11 is 1.54. The van der Waals surface area contributed by atoms with Crippen LogP contribution in [0.25, 0.3) is 0 Å². The number of phenols is 1. The summed E-state index contributed by atoms with van der Waals surface area (Å²) in [7, 11) is 0. The van der Waals surface area contributed by atoms with Gasteiger partial charge in [0.05, 0.1) is 4.88 Å². The predicted octanol–water partition coefficient (Wildman–Crippen LogP) is 2.99. The van der Waals surface area contributed by atoms with Gasteiger partial charge >= 0.3 is 0 Å². The molecule has 2 rings (SSSR count). The first kappa shape index (κ1) is 13.6. The molecule has 0 spiro atoms. The molecule has 0 atom stereocenters. The Balaban J connectivity index is 1.82. The van der Waals surface area contributed by atoms with Crippen molar-refractivity contribution in [3.05, 3.63) is 51.7 Å². The molecule has 0 unspecified atom stereocenters. The molecule has 100 valence electrons. The summed E-state index contributed by atoms with van der Waals surface area (Å²) < 4.78 is 0. The van der Waals surface area contributed by atoms with Crippen molar-refractivity contribution in [2.75, 3.05) is 6.54 Å². The first-order valence-electron chi connectivity index (χ1n) is 6.34. The maximum absolute atomic E-state index is 11.9. The van der Waals surface area contributed by atoms with Gasteiger partial charge in [0, 0.05) is 11.4 Å². The van der Waals surface area contributed by atoms with Crippen LogP contribution in [-0.4, -0.2) is 17.6 Å². The van der Waals surface area contributed by atoms with Gasteiger partial charge in [-0.25, -0.2) is 0 Å². The summed E-state index contributed by atoms with van der Waals surface area (Å²) in [6.07, 6.45) is 1.73. The van der Waals surface area contributed by atoms with E-state index in [1.807, 2.05) is 24.3 Å². The Morgan fingerprint density at radius 3 is 2.58 bits per heavy atom. The highest BCUT2D eigenvalue weighted by Crippen LogP contribution is 2.16. The third-order valence-corrected chi connectivity index (χ3v) is 4.10. The number of rotatable bonds is 5. The number of hydrogen-bond acceptors (Lipinski definition) is 3. The molecule has 0 bridgehead atoms. The Bertz CT molecular complexity index is 546. The number of carbonyl (C=O) groups excluding carboxylic acids is 1. The van der Waals surface area contributed by atoms with Crippen molar-refractivity contribution in [2.45, 2.75) is 19.8 Å². The second-order valence-corrected chi connectivity index (χ2v) is 5.46. The Labute approximate surface area is 116 Å². The molecular weight excluding hydrogens is 258 g/mol. The maximum Gasteiger partial charge on any atom is 0.261 e. The summed E-state index contributed by atoms with van der Waals surface area (Å²) in [6.45, 7) is 2.68. The monoisotopic (exact) mass is 275 g/mol. The second kappa shape index (κ2) is 6.38. The molecule has 0 saturated carbocycles. The molecule has 0 fully saturated rings. The van der Waals surface area contributed by atoms with Crippen LogP contribution in [0, 0.1) is 0 Å². The van der Waals surface area contributed by atoms with Crippen LogP contribution >= 0.6 is 11.3 Å². The van der Waals surface area contributed by atoms with E-state index in [1.54, 1.807) is 23.5 Å². The topological polar surface area (TPSA) is 49.3 Å². The second-order valence-electron chi connectivity index (χ2n) is 4.29. The van der Waals surface area contributed by atoms with E-state index in [2.05, 4.69) is 12.2 Å². The van der Waals surface area contributed by atoms with Crippen molar-refractivity contribution >= 4 is 17.2 Å². The lowest BCUT2D eigenvalue weighted by Gasteiger charge is -2.04. The zero-order valence-electron chi connectivity index (χ0n) is 10.8. The van der Waals surface area contributed by atoms with Gasteiger partial charge in [-0.3, -0.25) is 4.79 Å². The summed E-state index contributed by atoms with van der Waals surface area (Å²) in [5.41, 5.74) is 1.10. The molecule has 0 aliphatic carbocycles. The maximum atomic E-state index is 11.9. The SMILES string of the molecule is CCc1ccc(C(=O)NCCc2ccc(O)cc2)s1. The summed E-state index contributed by atoms with van der Waals surface area (Å²) in [5, 5.41) is 12.1. The van der Waals surface area contributed by atoms with E-state index >= 15 is 0 Å². The van der Waals surface area contributed by atoms with Crippen molar-refractivity contribution in [3.8, 4) is 5.75 Å². The number of phenolic OH excluding ortho intramolecular Hbond substituents is 1. The molecule has 4 heteroatoms. The number of thiophene rings is 1. The molecule has 0 aliphatic heterocycles. The van der Waals surface area contributed by atoms with Gasteiger partial charge in [0.1, 0.15) is 5.75 Å². The van der Waals surface area contributed by atoms with Crippen molar-refractivity contribution < 1.29 is 9.90 Å². The molecule has 1 aromatic carbocycles. The zero-order chi connectivity index (χ0) is 13.7. The van der Waals surface area contributed by atoms with E-state index in [1.165, 1.54) is 4.88 Å². The highest BCUT2D eigenvalue weighted by Gasteiger charge is 2.07. The quantitative estimate of drug-likeness (QED) is 0.881. The number of benzene rings is 1. The Kier molecular flexibility index (Phi) is 4.58. The molecule has 1 heterocycles. The van der Waals surface area contributed by atoms with Crippen molar-refractivity contribution in [3.63, 3.8) is 0 Å². The molecule has 3 nitrogen and oxygen atoms in total. The van der Waals surface area contributed by atoms with Crippen molar-refractivity contribution in [1.29, 1.82) is 0 Å². The summed E-state index contributed by atoms with van der Waals surface area (Å²) in [5.74, 6) is 0.252. The number of carbonyl (C=O) groups is 1.